The number of hydrogen-bond donors (Lipinski definition) is 1. The third-order valence-corrected chi connectivity index (χ3v) is 4.66. The van der Waals surface area contributed by atoms with Gasteiger partial charge < -0.3 is 19.5 Å². The third kappa shape index (κ3) is 3.21. The Kier molecular flexibility index (Phi) is 4.71. The van der Waals surface area contributed by atoms with E-state index in [9.17, 15) is 9.59 Å². The van der Waals surface area contributed by atoms with Gasteiger partial charge in [0.1, 0.15) is 5.00 Å². The van der Waals surface area contributed by atoms with Crippen LogP contribution in [0.4, 0.5) is 5.00 Å². The van der Waals surface area contributed by atoms with Crippen LogP contribution in [0.2, 0.25) is 0 Å². The van der Waals surface area contributed by atoms with Crippen molar-refractivity contribution in [2.75, 3.05) is 19.2 Å². The standard InChI is InChI=1S/C17H17NO5S/c1-3-4-11-8-12(17(20)21-2)16(24-11)18-15(19)10-5-6-13-14(7-10)23-9-22-13/h5-8H,3-4,9H2,1-2H3,(H,18,19). The molecule has 2 heterocycles. The van der Waals surface area contributed by atoms with Gasteiger partial charge in [-0.05, 0) is 30.7 Å². The van der Waals surface area contributed by atoms with Crippen molar-refractivity contribution >= 4 is 28.2 Å². The van der Waals surface area contributed by atoms with Crippen molar-refractivity contribution in [1.29, 1.82) is 0 Å². The molecule has 24 heavy (non-hydrogen) atoms. The highest BCUT2D eigenvalue weighted by atomic mass is 32.1. The molecule has 1 amide bonds. The Morgan fingerprint density at radius 1 is 1.25 bits per heavy atom. The van der Waals surface area contributed by atoms with Crippen LogP contribution < -0.4 is 14.8 Å². The number of aryl methyl sites for hydroxylation is 1. The summed E-state index contributed by atoms with van der Waals surface area (Å²) in [6, 6.07) is 6.74. The lowest BCUT2D eigenvalue weighted by molar-refractivity contribution is 0.0602. The zero-order valence-corrected chi connectivity index (χ0v) is 14.2. The molecule has 1 N–H and O–H groups in total. The SMILES string of the molecule is CCCc1cc(C(=O)OC)c(NC(=O)c2ccc3c(c2)OCO3)s1. The first-order valence-corrected chi connectivity index (χ1v) is 8.36. The maximum atomic E-state index is 12.5. The summed E-state index contributed by atoms with van der Waals surface area (Å²) in [5.74, 6) is 0.370. The molecule has 0 atom stereocenters. The first-order valence-electron chi connectivity index (χ1n) is 7.54. The monoisotopic (exact) mass is 347 g/mol. The number of fused-ring (bicyclic) bond motifs is 1. The van der Waals surface area contributed by atoms with Crippen LogP contribution in [-0.4, -0.2) is 25.8 Å². The van der Waals surface area contributed by atoms with Crippen LogP contribution in [0.5, 0.6) is 11.5 Å². The van der Waals surface area contributed by atoms with E-state index in [1.54, 1.807) is 24.3 Å². The summed E-state index contributed by atoms with van der Waals surface area (Å²) < 4.78 is 15.3. The average Bonchev–Trinajstić information content (AvgIpc) is 3.20. The Labute approximate surface area is 143 Å². The van der Waals surface area contributed by atoms with Gasteiger partial charge in [-0.25, -0.2) is 4.79 Å². The van der Waals surface area contributed by atoms with Crippen molar-refractivity contribution in [2.45, 2.75) is 19.8 Å². The molecule has 0 aliphatic carbocycles. The second-order valence-corrected chi connectivity index (χ2v) is 6.36. The molecular weight excluding hydrogens is 330 g/mol. The molecule has 3 rings (SSSR count). The minimum atomic E-state index is -0.463. The molecule has 1 aromatic carbocycles. The van der Waals surface area contributed by atoms with E-state index >= 15 is 0 Å². The average molecular weight is 347 g/mol. The van der Waals surface area contributed by atoms with Crippen molar-refractivity contribution in [3.05, 3.63) is 40.3 Å². The topological polar surface area (TPSA) is 73.9 Å². The predicted molar refractivity (Wildman–Crippen MR) is 90.2 cm³/mol. The molecule has 0 saturated heterocycles. The van der Waals surface area contributed by atoms with Crippen LogP contribution in [0, 0.1) is 0 Å². The van der Waals surface area contributed by atoms with Crippen LogP contribution in [0.25, 0.3) is 0 Å². The summed E-state index contributed by atoms with van der Waals surface area (Å²) in [4.78, 5) is 25.4. The maximum absolute atomic E-state index is 12.5. The fraction of sp³-hybridized carbons (Fsp3) is 0.294. The van der Waals surface area contributed by atoms with Crippen molar-refractivity contribution in [2.24, 2.45) is 0 Å². The van der Waals surface area contributed by atoms with Crippen molar-refractivity contribution in [3.8, 4) is 11.5 Å². The smallest absolute Gasteiger partial charge is 0.340 e. The molecule has 0 fully saturated rings. The third-order valence-electron chi connectivity index (χ3n) is 3.55. The molecule has 0 radical (unpaired) electrons. The lowest BCUT2D eigenvalue weighted by atomic mass is 10.2. The molecule has 1 aromatic heterocycles. The number of carbonyl (C=O) groups is 2. The Bertz CT molecular complexity index is 783. The van der Waals surface area contributed by atoms with Gasteiger partial charge in [-0.2, -0.15) is 0 Å². The van der Waals surface area contributed by atoms with Gasteiger partial charge in [-0.1, -0.05) is 13.3 Å². The summed E-state index contributed by atoms with van der Waals surface area (Å²) in [6.07, 6.45) is 1.80. The van der Waals surface area contributed by atoms with Crippen molar-refractivity contribution < 1.29 is 23.8 Å². The molecule has 2 aromatic rings. The lowest BCUT2D eigenvalue weighted by Gasteiger charge is -2.06. The highest BCUT2D eigenvalue weighted by Crippen LogP contribution is 2.34. The van der Waals surface area contributed by atoms with E-state index in [1.165, 1.54) is 18.4 Å². The maximum Gasteiger partial charge on any atom is 0.340 e. The van der Waals surface area contributed by atoms with Crippen LogP contribution >= 0.6 is 11.3 Å². The van der Waals surface area contributed by atoms with Gasteiger partial charge >= 0.3 is 5.97 Å². The molecule has 0 unspecified atom stereocenters. The number of thiophene rings is 1. The fourth-order valence-corrected chi connectivity index (χ4v) is 3.52. The number of ether oxygens (including phenoxy) is 3. The zero-order chi connectivity index (χ0) is 17.1. The molecule has 7 heteroatoms. The molecule has 1 aliphatic rings. The van der Waals surface area contributed by atoms with E-state index in [0.717, 1.165) is 17.7 Å². The van der Waals surface area contributed by atoms with Gasteiger partial charge in [-0.15, -0.1) is 11.3 Å². The quantitative estimate of drug-likeness (QED) is 0.839. The van der Waals surface area contributed by atoms with Crippen LogP contribution in [0.3, 0.4) is 0 Å². The second kappa shape index (κ2) is 6.92. The lowest BCUT2D eigenvalue weighted by Crippen LogP contribution is -2.13. The van der Waals surface area contributed by atoms with E-state index in [0.29, 0.717) is 27.6 Å². The van der Waals surface area contributed by atoms with Gasteiger partial charge in [0.25, 0.3) is 5.91 Å². The van der Waals surface area contributed by atoms with E-state index in [1.807, 2.05) is 0 Å². The minimum absolute atomic E-state index is 0.151. The molecule has 0 spiro atoms. The molecular formula is C17H17NO5S. The number of anilines is 1. The number of rotatable bonds is 5. The van der Waals surface area contributed by atoms with Crippen molar-refractivity contribution in [1.82, 2.24) is 0 Å². The second-order valence-electron chi connectivity index (χ2n) is 5.22. The summed E-state index contributed by atoms with van der Waals surface area (Å²) in [5.41, 5.74) is 0.806. The Balaban J connectivity index is 1.84. The number of hydrogen-bond acceptors (Lipinski definition) is 6. The molecule has 0 bridgehead atoms. The molecule has 1 aliphatic heterocycles. The van der Waals surface area contributed by atoms with Gasteiger partial charge in [0.2, 0.25) is 6.79 Å². The first-order chi connectivity index (χ1) is 11.6. The predicted octanol–water partition coefficient (Wildman–Crippen LogP) is 3.47. The number of nitrogens with one attached hydrogen (secondary N) is 1. The van der Waals surface area contributed by atoms with Crippen LogP contribution in [0.1, 0.15) is 38.9 Å². The van der Waals surface area contributed by atoms with Crippen LogP contribution in [0.15, 0.2) is 24.3 Å². The number of carbonyl (C=O) groups excluding carboxylic acids is 2. The van der Waals surface area contributed by atoms with Crippen molar-refractivity contribution in [3.63, 3.8) is 0 Å². The van der Waals surface area contributed by atoms with Gasteiger partial charge in [0.05, 0.1) is 12.7 Å². The van der Waals surface area contributed by atoms with E-state index in [2.05, 4.69) is 12.2 Å². The summed E-state index contributed by atoms with van der Waals surface area (Å²) in [5, 5.41) is 3.29. The summed E-state index contributed by atoms with van der Waals surface area (Å²) in [7, 11) is 1.32. The molecule has 6 nitrogen and oxygen atoms in total. The van der Waals surface area contributed by atoms with Gasteiger partial charge in [-0.3, -0.25) is 4.79 Å². The van der Waals surface area contributed by atoms with E-state index in [4.69, 9.17) is 14.2 Å². The summed E-state index contributed by atoms with van der Waals surface area (Å²) in [6.45, 7) is 2.21. The fourth-order valence-electron chi connectivity index (χ4n) is 2.38. The molecule has 126 valence electrons. The number of methoxy groups -OCH3 is 1. The number of esters is 1. The van der Waals surface area contributed by atoms with Gasteiger partial charge in [0, 0.05) is 10.4 Å². The van der Waals surface area contributed by atoms with Gasteiger partial charge in [0.15, 0.2) is 11.5 Å². The first kappa shape index (κ1) is 16.3. The molecule has 0 saturated carbocycles. The summed E-state index contributed by atoms with van der Waals surface area (Å²) >= 11 is 1.39. The number of benzene rings is 1. The Morgan fingerprint density at radius 3 is 2.79 bits per heavy atom. The number of amides is 1. The zero-order valence-electron chi connectivity index (χ0n) is 13.4. The minimum Gasteiger partial charge on any atom is -0.465 e. The Hall–Kier alpha value is -2.54. The Morgan fingerprint density at radius 2 is 2.04 bits per heavy atom. The van der Waals surface area contributed by atoms with Crippen LogP contribution in [-0.2, 0) is 11.2 Å². The largest absolute Gasteiger partial charge is 0.465 e. The van der Waals surface area contributed by atoms with E-state index in [-0.39, 0.29) is 12.7 Å². The normalized spacial score (nSPS) is 12.1. The highest BCUT2D eigenvalue weighted by Gasteiger charge is 2.21. The van der Waals surface area contributed by atoms with E-state index < -0.39 is 5.97 Å². The highest BCUT2D eigenvalue weighted by molar-refractivity contribution is 7.16.